The average molecular weight is 623 g/mol. The summed E-state index contributed by atoms with van der Waals surface area (Å²) < 4.78 is 1.88. The Hall–Kier alpha value is -3.68. The Bertz CT molecular complexity index is 1340. The predicted molar refractivity (Wildman–Crippen MR) is 155 cm³/mol. The number of piperazine rings is 1. The Morgan fingerprint density at radius 2 is 1.48 bits per heavy atom. The number of imidazole rings is 1. The Kier molecular flexibility index (Phi) is 11.3. The van der Waals surface area contributed by atoms with E-state index >= 15 is 0 Å². The van der Waals surface area contributed by atoms with E-state index in [0.717, 1.165) is 26.2 Å². The number of halogens is 2. The molecule has 3 aromatic rings. The van der Waals surface area contributed by atoms with Crippen molar-refractivity contribution in [2.75, 3.05) is 37.6 Å². The van der Waals surface area contributed by atoms with Crippen LogP contribution < -0.4 is 4.90 Å². The maximum absolute atomic E-state index is 11.7. The summed E-state index contributed by atoms with van der Waals surface area (Å²) >= 11 is 12.6. The Balaban J connectivity index is 0.000000316. The van der Waals surface area contributed by atoms with Gasteiger partial charge >= 0.3 is 17.9 Å². The Labute approximate surface area is 252 Å². The van der Waals surface area contributed by atoms with Crippen molar-refractivity contribution in [3.63, 3.8) is 0 Å². The summed E-state index contributed by atoms with van der Waals surface area (Å²) in [4.78, 5) is 39.3. The molecule has 12 nitrogen and oxygen atoms in total. The molecule has 0 saturated carbocycles. The highest BCUT2D eigenvalue weighted by molar-refractivity contribution is 6.35. The minimum absolute atomic E-state index is 0.368. The van der Waals surface area contributed by atoms with Gasteiger partial charge < -0.3 is 35.0 Å². The van der Waals surface area contributed by atoms with Crippen molar-refractivity contribution in [3.05, 3.63) is 82.9 Å². The quantitative estimate of drug-likeness (QED) is 0.212. The number of carboxylic acids is 3. The Morgan fingerprint density at radius 1 is 0.857 bits per heavy atom. The molecule has 1 atom stereocenters. The molecule has 42 heavy (non-hydrogen) atoms. The maximum Gasteiger partial charge on any atom is 0.336 e. The zero-order valence-corrected chi connectivity index (χ0v) is 24.0. The van der Waals surface area contributed by atoms with Gasteiger partial charge in [0.15, 0.2) is 5.60 Å². The van der Waals surface area contributed by atoms with Crippen LogP contribution in [0.4, 0.5) is 5.69 Å². The lowest BCUT2D eigenvalue weighted by Crippen LogP contribution is -2.52. The zero-order chi connectivity index (χ0) is 30.9. The highest BCUT2D eigenvalue weighted by Crippen LogP contribution is 2.33. The molecule has 0 amide bonds. The summed E-state index contributed by atoms with van der Waals surface area (Å²) in [5.41, 5.74) is -1.97. The number of aliphatic carboxylic acids is 3. The summed E-state index contributed by atoms with van der Waals surface area (Å²) in [5.74, 6) is -5.02. The van der Waals surface area contributed by atoms with Gasteiger partial charge in [-0.05, 0) is 24.3 Å². The topological polar surface area (TPSA) is 177 Å². The summed E-state index contributed by atoms with van der Waals surface area (Å²) in [6.07, 6.45) is 2.98. The van der Waals surface area contributed by atoms with Gasteiger partial charge in [0, 0.05) is 66.4 Å². The molecule has 0 bridgehead atoms. The van der Waals surface area contributed by atoms with Crippen LogP contribution in [0.15, 0.2) is 67.3 Å². The van der Waals surface area contributed by atoms with Crippen LogP contribution in [-0.2, 0) is 26.5 Å². The van der Waals surface area contributed by atoms with Crippen LogP contribution in [0.5, 0.6) is 0 Å². The molecule has 4 rings (SSSR count). The normalized spacial score (nSPS) is 15.3. The molecule has 1 fully saturated rings. The minimum atomic E-state index is -2.74. The molecule has 1 aromatic heterocycles. The highest BCUT2D eigenvalue weighted by atomic mass is 35.5. The summed E-state index contributed by atoms with van der Waals surface area (Å²) in [6, 6.07) is 15.7. The van der Waals surface area contributed by atoms with Gasteiger partial charge in [0.25, 0.3) is 0 Å². The van der Waals surface area contributed by atoms with Crippen molar-refractivity contribution >= 4 is 46.8 Å². The van der Waals surface area contributed by atoms with Crippen LogP contribution >= 0.6 is 23.2 Å². The number of hydrogen-bond donors (Lipinski definition) is 5. The second-order valence-corrected chi connectivity index (χ2v) is 10.8. The molecule has 1 aliphatic heterocycles. The molecular formula is C28H32Cl2N4O8. The van der Waals surface area contributed by atoms with E-state index in [1.165, 1.54) is 5.69 Å². The van der Waals surface area contributed by atoms with Gasteiger partial charge in [0.05, 0.1) is 25.7 Å². The summed E-state index contributed by atoms with van der Waals surface area (Å²) in [5, 5.41) is 46.6. The van der Waals surface area contributed by atoms with Crippen molar-refractivity contribution in [2.45, 2.75) is 30.6 Å². The number of rotatable bonds is 11. The van der Waals surface area contributed by atoms with Crippen LogP contribution in [0, 0.1) is 0 Å². The molecule has 0 spiro atoms. The van der Waals surface area contributed by atoms with E-state index in [-0.39, 0.29) is 0 Å². The first-order valence-corrected chi connectivity index (χ1v) is 13.6. The van der Waals surface area contributed by atoms with E-state index in [9.17, 15) is 19.5 Å². The molecular weight excluding hydrogens is 591 g/mol. The van der Waals surface area contributed by atoms with Crippen LogP contribution in [-0.4, -0.2) is 96.2 Å². The predicted octanol–water partition coefficient (Wildman–Crippen LogP) is 2.65. The molecule has 2 aromatic carbocycles. The van der Waals surface area contributed by atoms with E-state index < -0.39 is 42.0 Å². The molecule has 0 radical (unpaired) electrons. The monoisotopic (exact) mass is 622 g/mol. The number of para-hydroxylation sites is 1. The first-order valence-electron chi connectivity index (χ1n) is 12.9. The van der Waals surface area contributed by atoms with Crippen LogP contribution in [0.1, 0.15) is 18.4 Å². The molecule has 1 aliphatic rings. The molecule has 0 aliphatic carbocycles. The first-order chi connectivity index (χ1) is 19.8. The van der Waals surface area contributed by atoms with E-state index in [2.05, 4.69) is 39.0 Å². The number of aromatic nitrogens is 2. The second-order valence-electron chi connectivity index (χ2n) is 9.97. The van der Waals surface area contributed by atoms with E-state index in [1.54, 1.807) is 24.7 Å². The molecule has 5 N–H and O–H groups in total. The molecule has 226 valence electrons. The molecule has 1 saturated heterocycles. The third kappa shape index (κ3) is 9.16. The van der Waals surface area contributed by atoms with Gasteiger partial charge in [0.2, 0.25) is 0 Å². The lowest BCUT2D eigenvalue weighted by atomic mass is 9.92. The zero-order valence-electron chi connectivity index (χ0n) is 22.5. The minimum Gasteiger partial charge on any atom is -0.481 e. The van der Waals surface area contributed by atoms with Crippen molar-refractivity contribution in [1.29, 1.82) is 0 Å². The molecule has 1 unspecified atom stereocenters. The van der Waals surface area contributed by atoms with E-state index in [1.807, 2.05) is 22.9 Å². The number of anilines is 1. The van der Waals surface area contributed by atoms with Crippen molar-refractivity contribution in [3.8, 4) is 0 Å². The van der Waals surface area contributed by atoms with Gasteiger partial charge in [-0.15, -0.1) is 0 Å². The maximum atomic E-state index is 11.7. The Morgan fingerprint density at radius 3 is 1.98 bits per heavy atom. The van der Waals surface area contributed by atoms with Crippen LogP contribution in [0.2, 0.25) is 10.0 Å². The first kappa shape index (κ1) is 32.8. The van der Waals surface area contributed by atoms with Gasteiger partial charge in [-0.3, -0.25) is 14.5 Å². The van der Waals surface area contributed by atoms with Crippen LogP contribution in [0.25, 0.3) is 0 Å². The third-order valence-corrected chi connectivity index (χ3v) is 7.25. The lowest BCUT2D eigenvalue weighted by Gasteiger charge is -2.40. The molecule has 14 heteroatoms. The SMILES string of the molecule is O=C(O)CC(O)(CC(=O)O)C(=O)O.OC(CN1CCN(c2ccccc2)CC1)(Cn1ccnc1)c1ccc(Cl)cc1Cl. The average Bonchev–Trinajstić information content (AvgIpc) is 3.41. The number of carboxylic acid groups (broad SMARTS) is 3. The third-order valence-electron chi connectivity index (χ3n) is 6.70. The van der Waals surface area contributed by atoms with Gasteiger partial charge in [-0.1, -0.05) is 47.5 Å². The van der Waals surface area contributed by atoms with Gasteiger partial charge in [-0.25, -0.2) is 9.78 Å². The van der Waals surface area contributed by atoms with Gasteiger partial charge in [-0.2, -0.15) is 0 Å². The number of nitrogens with zero attached hydrogens (tertiary/aromatic N) is 4. The number of benzene rings is 2. The lowest BCUT2D eigenvalue weighted by molar-refractivity contribution is -0.170. The summed E-state index contributed by atoms with van der Waals surface area (Å²) in [7, 11) is 0. The number of aliphatic hydroxyl groups is 2. The van der Waals surface area contributed by atoms with E-state index in [4.69, 9.17) is 43.6 Å². The number of carbonyl (C=O) groups is 3. The fourth-order valence-corrected chi connectivity index (χ4v) is 5.24. The highest BCUT2D eigenvalue weighted by Gasteiger charge is 2.41. The molecule has 2 heterocycles. The van der Waals surface area contributed by atoms with Gasteiger partial charge in [0.1, 0.15) is 5.60 Å². The van der Waals surface area contributed by atoms with Crippen molar-refractivity contribution < 1.29 is 39.9 Å². The fourth-order valence-electron chi connectivity index (χ4n) is 4.66. The van der Waals surface area contributed by atoms with Crippen molar-refractivity contribution in [2.24, 2.45) is 0 Å². The standard InChI is InChI=1S/C22H24Cl2N4O.C6H8O7/c23-18-6-7-20(21(24)14-18)22(29,16-27-9-8-25-17-27)15-26-10-12-28(13-11-26)19-4-2-1-3-5-19;7-3(8)1-6(13,5(11)12)2-4(9)10/h1-9,14,17,29H,10-13,15-16H2;13H,1-2H2,(H,7,8)(H,9,10)(H,11,12). The number of β-amino-alcohol motifs (C(OH)–C–C–N with tert-alkyl or cyclic N) is 1. The fraction of sp³-hybridized carbons (Fsp3) is 0.357. The second kappa shape index (κ2) is 14.5. The summed E-state index contributed by atoms with van der Waals surface area (Å²) in [6.45, 7) is 4.42. The van der Waals surface area contributed by atoms with Crippen molar-refractivity contribution in [1.82, 2.24) is 14.5 Å². The van der Waals surface area contributed by atoms with Crippen LogP contribution in [0.3, 0.4) is 0 Å². The number of hydrogen-bond acceptors (Lipinski definition) is 8. The smallest absolute Gasteiger partial charge is 0.336 e. The van der Waals surface area contributed by atoms with E-state index in [0.29, 0.717) is 28.7 Å². The largest absolute Gasteiger partial charge is 0.481 e.